The summed E-state index contributed by atoms with van der Waals surface area (Å²) in [5.74, 6) is 1.13. The fraction of sp³-hybridized carbons (Fsp3) is 0.619. The number of carbonyl (C=O) groups excluding carboxylic acids is 1. The third-order valence-corrected chi connectivity index (χ3v) is 3.88. The van der Waals surface area contributed by atoms with Crippen LogP contribution in [0, 0.1) is 0 Å². The molecule has 0 fully saturated rings. The van der Waals surface area contributed by atoms with Crippen molar-refractivity contribution in [2.75, 3.05) is 0 Å². The zero-order valence-corrected chi connectivity index (χ0v) is 16.0. The van der Waals surface area contributed by atoms with Crippen molar-refractivity contribution < 1.29 is 4.79 Å². The lowest BCUT2D eigenvalue weighted by molar-refractivity contribution is 0.0901. The highest BCUT2D eigenvalue weighted by Crippen LogP contribution is 2.19. The zero-order chi connectivity index (χ0) is 17.8. The quantitative estimate of drug-likeness (QED) is 0.524. The lowest BCUT2D eigenvalue weighted by Crippen LogP contribution is -2.14. The summed E-state index contributed by atoms with van der Waals surface area (Å²) in [5.41, 5.74) is 1.90. The van der Waals surface area contributed by atoms with E-state index >= 15 is 0 Å². The maximum absolute atomic E-state index is 12.5. The van der Waals surface area contributed by atoms with Crippen LogP contribution in [-0.4, -0.2) is 15.5 Å². The van der Waals surface area contributed by atoms with Gasteiger partial charge in [0.1, 0.15) is 5.82 Å². The highest BCUT2D eigenvalue weighted by Gasteiger charge is 2.15. The number of hydrogen-bond donors (Lipinski definition) is 0. The van der Waals surface area contributed by atoms with Crippen molar-refractivity contribution in [1.29, 1.82) is 0 Å². The van der Waals surface area contributed by atoms with Crippen molar-refractivity contribution in [1.82, 2.24) is 9.55 Å². The second-order valence-electron chi connectivity index (χ2n) is 6.37. The van der Waals surface area contributed by atoms with E-state index in [1.807, 2.05) is 28.8 Å². The maximum Gasteiger partial charge on any atom is 0.232 e. The van der Waals surface area contributed by atoms with Crippen LogP contribution in [0.3, 0.4) is 0 Å². The first-order chi connectivity index (χ1) is 11.7. The molecule has 0 saturated carbocycles. The second-order valence-corrected chi connectivity index (χ2v) is 6.37. The summed E-state index contributed by atoms with van der Waals surface area (Å²) < 4.78 is 1.86. The Morgan fingerprint density at radius 1 is 0.958 bits per heavy atom. The first kappa shape index (κ1) is 20.4. The Balaban J connectivity index is 0.000000891. The number of para-hydroxylation sites is 2. The first-order valence-electron chi connectivity index (χ1n) is 9.69. The van der Waals surface area contributed by atoms with Gasteiger partial charge in [-0.05, 0) is 25.0 Å². The topological polar surface area (TPSA) is 34.9 Å². The van der Waals surface area contributed by atoms with Gasteiger partial charge in [-0.15, -0.1) is 0 Å². The van der Waals surface area contributed by atoms with Crippen LogP contribution in [0.2, 0.25) is 0 Å². The van der Waals surface area contributed by atoms with Crippen LogP contribution in [-0.2, 0) is 6.42 Å². The average Bonchev–Trinajstić information content (AvgIpc) is 2.95. The van der Waals surface area contributed by atoms with Crippen molar-refractivity contribution >= 4 is 16.9 Å². The predicted octanol–water partition coefficient (Wildman–Crippen LogP) is 6.41. The van der Waals surface area contributed by atoms with Crippen molar-refractivity contribution in [3.63, 3.8) is 0 Å². The lowest BCUT2D eigenvalue weighted by Gasteiger charge is -2.07. The van der Waals surface area contributed by atoms with Crippen LogP contribution >= 0.6 is 0 Å². The Labute approximate surface area is 147 Å². The molecule has 0 atom stereocenters. The van der Waals surface area contributed by atoms with Gasteiger partial charge in [-0.2, -0.15) is 0 Å². The van der Waals surface area contributed by atoms with Gasteiger partial charge in [0.15, 0.2) is 0 Å². The Bertz CT molecular complexity index is 601. The molecular formula is C21H34N2O. The molecular weight excluding hydrogens is 296 g/mol. The molecule has 0 bridgehead atoms. The molecule has 1 aromatic heterocycles. The predicted molar refractivity (Wildman–Crippen MR) is 104 cm³/mol. The van der Waals surface area contributed by atoms with E-state index < -0.39 is 0 Å². The number of imidazole rings is 1. The van der Waals surface area contributed by atoms with Crippen LogP contribution in [0.4, 0.5) is 0 Å². The third kappa shape index (κ3) is 6.10. The molecule has 0 aliphatic heterocycles. The van der Waals surface area contributed by atoms with Gasteiger partial charge in [-0.1, -0.05) is 71.9 Å². The van der Waals surface area contributed by atoms with E-state index in [0.717, 1.165) is 42.5 Å². The Kier molecular flexibility index (Phi) is 10.1. The van der Waals surface area contributed by atoms with Crippen LogP contribution in [0.5, 0.6) is 0 Å². The van der Waals surface area contributed by atoms with E-state index in [2.05, 4.69) is 32.7 Å². The molecule has 0 aliphatic carbocycles. The number of carbonyl (C=O) groups is 1. The van der Waals surface area contributed by atoms with Gasteiger partial charge in [0, 0.05) is 12.8 Å². The van der Waals surface area contributed by atoms with E-state index in [9.17, 15) is 4.79 Å². The van der Waals surface area contributed by atoms with Crippen LogP contribution < -0.4 is 0 Å². The standard InChI is InChI=1S/C18H26N2O.C3H8/c1-3-5-7-8-13-17-19-15-11-9-10-12-16(15)20(17)18(21)14-6-4-2;1-3-2/h9-12H,3-8,13-14H2,1-2H3;3H2,1-2H3. The summed E-state index contributed by atoms with van der Waals surface area (Å²) in [6, 6.07) is 7.96. The summed E-state index contributed by atoms with van der Waals surface area (Å²) in [7, 11) is 0. The van der Waals surface area contributed by atoms with Gasteiger partial charge in [-0.25, -0.2) is 4.98 Å². The Hall–Kier alpha value is -1.64. The summed E-state index contributed by atoms with van der Waals surface area (Å²) in [4.78, 5) is 17.2. The molecule has 0 amide bonds. The molecule has 0 radical (unpaired) electrons. The minimum absolute atomic E-state index is 0.191. The number of aryl methyl sites for hydroxylation is 1. The minimum Gasteiger partial charge on any atom is -0.274 e. The number of aromatic nitrogens is 2. The van der Waals surface area contributed by atoms with Crippen molar-refractivity contribution in [3.8, 4) is 0 Å². The normalized spacial score (nSPS) is 10.5. The van der Waals surface area contributed by atoms with Crippen LogP contribution in [0.1, 0.15) is 89.7 Å². The molecule has 2 rings (SSSR count). The van der Waals surface area contributed by atoms with Crippen LogP contribution in [0.25, 0.3) is 11.0 Å². The van der Waals surface area contributed by atoms with Crippen molar-refractivity contribution in [2.45, 2.75) is 85.5 Å². The summed E-state index contributed by atoms with van der Waals surface area (Å²) in [6.07, 6.45) is 9.55. The Morgan fingerprint density at radius 2 is 1.62 bits per heavy atom. The molecule has 1 heterocycles. The number of nitrogens with zero attached hydrogens (tertiary/aromatic N) is 2. The van der Waals surface area contributed by atoms with E-state index in [1.54, 1.807) is 0 Å². The Morgan fingerprint density at radius 3 is 2.29 bits per heavy atom. The van der Waals surface area contributed by atoms with Gasteiger partial charge < -0.3 is 0 Å². The van der Waals surface area contributed by atoms with Gasteiger partial charge in [-0.3, -0.25) is 9.36 Å². The average molecular weight is 331 g/mol. The van der Waals surface area contributed by atoms with Gasteiger partial charge in [0.2, 0.25) is 5.91 Å². The van der Waals surface area contributed by atoms with Crippen LogP contribution in [0.15, 0.2) is 24.3 Å². The number of hydrogen-bond acceptors (Lipinski definition) is 2. The molecule has 2 aromatic rings. The molecule has 0 unspecified atom stereocenters. The van der Waals surface area contributed by atoms with Gasteiger partial charge in [0.25, 0.3) is 0 Å². The number of unbranched alkanes of at least 4 members (excludes halogenated alkanes) is 4. The minimum atomic E-state index is 0.191. The zero-order valence-electron chi connectivity index (χ0n) is 16.0. The van der Waals surface area contributed by atoms with E-state index in [4.69, 9.17) is 0 Å². The number of benzene rings is 1. The lowest BCUT2D eigenvalue weighted by atomic mass is 10.1. The molecule has 134 valence electrons. The molecule has 0 saturated heterocycles. The largest absolute Gasteiger partial charge is 0.274 e. The van der Waals surface area contributed by atoms with Gasteiger partial charge >= 0.3 is 0 Å². The first-order valence-corrected chi connectivity index (χ1v) is 9.69. The highest BCUT2D eigenvalue weighted by molar-refractivity contribution is 5.91. The molecule has 0 N–H and O–H groups in total. The van der Waals surface area contributed by atoms with E-state index in [0.29, 0.717) is 6.42 Å². The summed E-state index contributed by atoms with van der Waals surface area (Å²) in [6.45, 7) is 8.58. The third-order valence-electron chi connectivity index (χ3n) is 3.88. The fourth-order valence-electron chi connectivity index (χ4n) is 2.67. The fourth-order valence-corrected chi connectivity index (χ4v) is 2.67. The molecule has 24 heavy (non-hydrogen) atoms. The molecule has 0 aliphatic rings. The number of rotatable bonds is 8. The number of fused-ring (bicyclic) bond motifs is 1. The smallest absolute Gasteiger partial charge is 0.232 e. The molecule has 3 heteroatoms. The molecule has 0 spiro atoms. The highest BCUT2D eigenvalue weighted by atomic mass is 16.2. The SMILES string of the molecule is CCC.CCCCCCc1nc2ccccc2n1C(=O)CCCC. The monoisotopic (exact) mass is 330 g/mol. The second kappa shape index (κ2) is 11.8. The van der Waals surface area contributed by atoms with Crippen molar-refractivity contribution in [3.05, 3.63) is 30.1 Å². The summed E-state index contributed by atoms with van der Waals surface area (Å²) >= 11 is 0. The molecule has 1 aromatic carbocycles. The maximum atomic E-state index is 12.5. The summed E-state index contributed by atoms with van der Waals surface area (Å²) in [5, 5.41) is 0. The van der Waals surface area contributed by atoms with Crippen molar-refractivity contribution in [2.24, 2.45) is 0 Å². The van der Waals surface area contributed by atoms with Gasteiger partial charge in [0.05, 0.1) is 11.0 Å². The molecule has 3 nitrogen and oxygen atoms in total. The van der Waals surface area contributed by atoms with E-state index in [1.165, 1.54) is 25.7 Å². The van der Waals surface area contributed by atoms with E-state index in [-0.39, 0.29) is 5.91 Å².